The molecule has 0 fully saturated rings. The molecule has 1 aromatic carbocycles. The first-order valence-electron chi connectivity index (χ1n) is 4.99. The van der Waals surface area contributed by atoms with Crippen LogP contribution in [0, 0.1) is 0 Å². The molecule has 0 atom stereocenters. The molecule has 0 saturated heterocycles. The van der Waals surface area contributed by atoms with Crippen LogP contribution in [0.5, 0.6) is 0 Å². The van der Waals surface area contributed by atoms with Crippen molar-refractivity contribution in [1.82, 2.24) is 9.78 Å². The van der Waals surface area contributed by atoms with E-state index in [0.717, 1.165) is 17.7 Å². The molecule has 0 unspecified atom stereocenters. The molecule has 0 spiro atoms. The van der Waals surface area contributed by atoms with Gasteiger partial charge in [0.05, 0.1) is 5.02 Å². The quantitative estimate of drug-likeness (QED) is 0.760. The van der Waals surface area contributed by atoms with Gasteiger partial charge in [-0.1, -0.05) is 42.8 Å². The molecule has 2 rings (SSSR count). The summed E-state index contributed by atoms with van der Waals surface area (Å²) in [5.74, 6) is 0. The Morgan fingerprint density at radius 3 is 2.40 bits per heavy atom. The van der Waals surface area contributed by atoms with Gasteiger partial charge in [-0.05, 0) is 12.0 Å². The maximum Gasteiger partial charge on any atom is 0.111 e. The van der Waals surface area contributed by atoms with E-state index in [0.29, 0.717) is 5.02 Å². The van der Waals surface area contributed by atoms with E-state index in [-0.39, 0.29) is 0 Å². The summed E-state index contributed by atoms with van der Waals surface area (Å²) in [7, 11) is 1.87. The Bertz CT molecular complexity index is 457. The highest BCUT2D eigenvalue weighted by molar-refractivity contribution is 6.32. The number of hydrogen-bond donors (Lipinski definition) is 0. The number of aryl methyl sites for hydroxylation is 2. The predicted molar refractivity (Wildman–Crippen MR) is 63.0 cm³/mol. The van der Waals surface area contributed by atoms with E-state index in [2.05, 4.69) is 36.3 Å². The number of hydrogen-bond acceptors (Lipinski definition) is 1. The lowest BCUT2D eigenvalue weighted by Gasteiger charge is -1.99. The molecule has 0 aliphatic carbocycles. The molecule has 0 amide bonds. The zero-order valence-corrected chi connectivity index (χ0v) is 9.62. The van der Waals surface area contributed by atoms with Gasteiger partial charge in [0.25, 0.3) is 0 Å². The van der Waals surface area contributed by atoms with Crippen molar-refractivity contribution in [3.63, 3.8) is 0 Å². The van der Waals surface area contributed by atoms with Gasteiger partial charge in [0.15, 0.2) is 0 Å². The highest BCUT2D eigenvalue weighted by Gasteiger charge is 2.07. The van der Waals surface area contributed by atoms with Crippen molar-refractivity contribution >= 4 is 11.6 Å². The lowest BCUT2D eigenvalue weighted by atomic mass is 10.1. The van der Waals surface area contributed by atoms with Gasteiger partial charge in [-0.3, -0.25) is 4.68 Å². The van der Waals surface area contributed by atoms with Crippen LogP contribution >= 0.6 is 11.6 Å². The average Bonchev–Trinajstić information content (AvgIpc) is 2.58. The molecule has 2 nitrogen and oxygen atoms in total. The summed E-state index contributed by atoms with van der Waals surface area (Å²) in [6.07, 6.45) is 2.86. The fourth-order valence-corrected chi connectivity index (χ4v) is 1.84. The van der Waals surface area contributed by atoms with E-state index in [9.17, 15) is 0 Å². The Balaban J connectivity index is 2.41. The van der Waals surface area contributed by atoms with Gasteiger partial charge >= 0.3 is 0 Å². The fourth-order valence-electron chi connectivity index (χ4n) is 1.55. The van der Waals surface area contributed by atoms with Gasteiger partial charge in [-0.25, -0.2) is 0 Å². The minimum absolute atomic E-state index is 0.696. The van der Waals surface area contributed by atoms with E-state index < -0.39 is 0 Å². The van der Waals surface area contributed by atoms with Crippen LogP contribution in [0.25, 0.3) is 11.3 Å². The normalized spacial score (nSPS) is 10.6. The minimum Gasteiger partial charge on any atom is -0.274 e. The number of aromatic nitrogens is 2. The standard InChI is InChI=1S/C12H13ClN2/c1-3-9-4-6-10(7-5-9)12-11(13)8-15(2)14-12/h4-8H,3H2,1-2H3. The maximum absolute atomic E-state index is 6.07. The van der Waals surface area contributed by atoms with E-state index >= 15 is 0 Å². The van der Waals surface area contributed by atoms with Crippen molar-refractivity contribution in [3.8, 4) is 11.3 Å². The summed E-state index contributed by atoms with van der Waals surface area (Å²) < 4.78 is 1.73. The third kappa shape index (κ3) is 2.05. The summed E-state index contributed by atoms with van der Waals surface area (Å²) >= 11 is 6.07. The maximum atomic E-state index is 6.07. The molecule has 0 bridgehead atoms. The molecule has 1 aromatic heterocycles. The molecular formula is C12H13ClN2. The van der Waals surface area contributed by atoms with Gasteiger partial charge in [-0.15, -0.1) is 0 Å². The van der Waals surface area contributed by atoms with E-state index in [1.165, 1.54) is 5.56 Å². The number of benzene rings is 1. The van der Waals surface area contributed by atoms with Crippen LogP contribution in [-0.4, -0.2) is 9.78 Å². The van der Waals surface area contributed by atoms with Crippen molar-refractivity contribution < 1.29 is 0 Å². The first kappa shape index (κ1) is 10.2. The lowest BCUT2D eigenvalue weighted by Crippen LogP contribution is -1.88. The molecule has 1 heterocycles. The van der Waals surface area contributed by atoms with Crippen LogP contribution in [0.15, 0.2) is 30.5 Å². The van der Waals surface area contributed by atoms with Gasteiger partial charge in [0.2, 0.25) is 0 Å². The Hall–Kier alpha value is -1.28. The summed E-state index contributed by atoms with van der Waals surface area (Å²) in [6.45, 7) is 2.14. The molecule has 15 heavy (non-hydrogen) atoms. The smallest absolute Gasteiger partial charge is 0.111 e. The van der Waals surface area contributed by atoms with Crippen molar-refractivity contribution in [2.75, 3.05) is 0 Å². The van der Waals surface area contributed by atoms with Crippen molar-refractivity contribution in [2.24, 2.45) is 7.05 Å². The van der Waals surface area contributed by atoms with Gasteiger partial charge in [0.1, 0.15) is 5.69 Å². The largest absolute Gasteiger partial charge is 0.274 e. The second-order valence-electron chi connectivity index (χ2n) is 3.55. The second-order valence-corrected chi connectivity index (χ2v) is 3.96. The molecule has 78 valence electrons. The summed E-state index contributed by atoms with van der Waals surface area (Å²) in [5, 5.41) is 5.02. The monoisotopic (exact) mass is 220 g/mol. The first-order valence-corrected chi connectivity index (χ1v) is 5.37. The Morgan fingerprint density at radius 2 is 1.93 bits per heavy atom. The van der Waals surface area contributed by atoms with Crippen LogP contribution in [-0.2, 0) is 13.5 Å². The molecule has 3 heteroatoms. The lowest BCUT2D eigenvalue weighted by molar-refractivity contribution is 0.771. The van der Waals surface area contributed by atoms with E-state index in [1.54, 1.807) is 4.68 Å². The fraction of sp³-hybridized carbons (Fsp3) is 0.250. The average molecular weight is 221 g/mol. The zero-order valence-electron chi connectivity index (χ0n) is 8.87. The van der Waals surface area contributed by atoms with Crippen LogP contribution in [0.3, 0.4) is 0 Å². The second kappa shape index (κ2) is 4.07. The molecule has 0 saturated carbocycles. The first-order chi connectivity index (χ1) is 7.20. The van der Waals surface area contributed by atoms with Crippen LogP contribution < -0.4 is 0 Å². The van der Waals surface area contributed by atoms with Gasteiger partial charge < -0.3 is 0 Å². The highest BCUT2D eigenvalue weighted by Crippen LogP contribution is 2.25. The molecule has 0 aliphatic rings. The number of rotatable bonds is 2. The molecule has 0 radical (unpaired) electrons. The van der Waals surface area contributed by atoms with Crippen LogP contribution in [0.1, 0.15) is 12.5 Å². The molecule has 2 aromatic rings. The Kier molecular flexibility index (Phi) is 2.78. The van der Waals surface area contributed by atoms with Crippen molar-refractivity contribution in [3.05, 3.63) is 41.0 Å². The molecule has 0 aliphatic heterocycles. The minimum atomic E-state index is 0.696. The van der Waals surface area contributed by atoms with Gasteiger partial charge in [-0.2, -0.15) is 5.10 Å². The number of nitrogens with zero attached hydrogens (tertiary/aromatic N) is 2. The third-order valence-corrected chi connectivity index (χ3v) is 2.70. The van der Waals surface area contributed by atoms with Crippen LogP contribution in [0.4, 0.5) is 0 Å². The van der Waals surface area contributed by atoms with Crippen molar-refractivity contribution in [2.45, 2.75) is 13.3 Å². The van der Waals surface area contributed by atoms with Crippen molar-refractivity contribution in [1.29, 1.82) is 0 Å². The molecular weight excluding hydrogens is 208 g/mol. The van der Waals surface area contributed by atoms with E-state index in [1.807, 2.05) is 13.2 Å². The van der Waals surface area contributed by atoms with Crippen LogP contribution in [0.2, 0.25) is 5.02 Å². The topological polar surface area (TPSA) is 17.8 Å². The summed E-state index contributed by atoms with van der Waals surface area (Å²) in [4.78, 5) is 0. The Labute approximate surface area is 94.5 Å². The third-order valence-electron chi connectivity index (χ3n) is 2.42. The predicted octanol–water partition coefficient (Wildman–Crippen LogP) is 3.30. The summed E-state index contributed by atoms with van der Waals surface area (Å²) in [5.41, 5.74) is 3.24. The van der Waals surface area contributed by atoms with Gasteiger partial charge in [0, 0.05) is 18.8 Å². The van der Waals surface area contributed by atoms with E-state index in [4.69, 9.17) is 11.6 Å². The Morgan fingerprint density at radius 1 is 1.27 bits per heavy atom. The highest BCUT2D eigenvalue weighted by atomic mass is 35.5. The molecule has 0 N–H and O–H groups in total. The number of halogens is 1. The SMILES string of the molecule is CCc1ccc(-c2nn(C)cc2Cl)cc1. The summed E-state index contributed by atoms with van der Waals surface area (Å²) in [6, 6.07) is 8.35. The zero-order chi connectivity index (χ0) is 10.8.